The minimum atomic E-state index is -0.474. The summed E-state index contributed by atoms with van der Waals surface area (Å²) in [5.41, 5.74) is 2.02. The second-order valence-corrected chi connectivity index (χ2v) is 8.14. The summed E-state index contributed by atoms with van der Waals surface area (Å²) in [5, 5.41) is 6.85. The van der Waals surface area contributed by atoms with E-state index in [2.05, 4.69) is 37.5 Å². The number of rotatable bonds is 9. The summed E-state index contributed by atoms with van der Waals surface area (Å²) in [7, 11) is 1.68. The Kier molecular flexibility index (Phi) is 7.41. The molecule has 1 N–H and O–H groups in total. The van der Waals surface area contributed by atoms with E-state index in [1.165, 1.54) is 10.5 Å². The van der Waals surface area contributed by atoms with Gasteiger partial charge in [-0.3, -0.25) is 19.5 Å². The summed E-state index contributed by atoms with van der Waals surface area (Å²) in [6.45, 7) is 2.28. The second kappa shape index (κ2) is 10.8. The van der Waals surface area contributed by atoms with Gasteiger partial charge in [0, 0.05) is 38.1 Å². The van der Waals surface area contributed by atoms with Crippen molar-refractivity contribution in [2.24, 2.45) is 0 Å². The molecule has 4 rings (SSSR count). The van der Waals surface area contributed by atoms with Crippen LogP contribution < -0.4 is 5.32 Å². The van der Waals surface area contributed by atoms with E-state index in [-0.39, 0.29) is 24.8 Å². The molecule has 1 aromatic carbocycles. The first-order chi connectivity index (χ1) is 16.1. The molecule has 1 saturated heterocycles. The van der Waals surface area contributed by atoms with Crippen molar-refractivity contribution in [2.75, 3.05) is 26.7 Å². The van der Waals surface area contributed by atoms with Crippen molar-refractivity contribution < 1.29 is 14.1 Å². The minimum absolute atomic E-state index is 0.0978. The minimum Gasteiger partial charge on any atom is -0.353 e. The molecule has 9 heteroatoms. The van der Waals surface area contributed by atoms with E-state index < -0.39 is 6.04 Å². The van der Waals surface area contributed by atoms with E-state index >= 15 is 0 Å². The molecular weight excluding hydrogens is 420 g/mol. The van der Waals surface area contributed by atoms with Gasteiger partial charge in [-0.05, 0) is 37.1 Å². The molecule has 1 fully saturated rings. The Balaban J connectivity index is 1.32. The monoisotopic (exact) mass is 448 g/mol. The van der Waals surface area contributed by atoms with Crippen molar-refractivity contribution in [3.8, 4) is 11.4 Å². The highest BCUT2D eigenvalue weighted by molar-refractivity contribution is 5.88. The number of hydrogen-bond acceptors (Lipinski definition) is 7. The average molecular weight is 449 g/mol. The summed E-state index contributed by atoms with van der Waals surface area (Å²) in [6.07, 6.45) is 5.30. The number of hydrogen-bond donors (Lipinski definition) is 1. The van der Waals surface area contributed by atoms with Gasteiger partial charge in [0.05, 0.1) is 19.0 Å². The number of carbonyl (C=O) groups is 2. The van der Waals surface area contributed by atoms with E-state index in [1.54, 1.807) is 25.5 Å². The predicted octanol–water partition coefficient (Wildman–Crippen LogP) is 1.91. The van der Waals surface area contributed by atoms with Gasteiger partial charge in [0.15, 0.2) is 0 Å². The molecule has 0 radical (unpaired) electrons. The Labute approximate surface area is 192 Å². The van der Waals surface area contributed by atoms with E-state index in [0.29, 0.717) is 18.3 Å². The van der Waals surface area contributed by atoms with Crippen LogP contribution in [0.25, 0.3) is 11.4 Å². The maximum Gasteiger partial charge on any atom is 0.246 e. The predicted molar refractivity (Wildman–Crippen MR) is 122 cm³/mol. The Morgan fingerprint density at radius 3 is 2.88 bits per heavy atom. The van der Waals surface area contributed by atoms with Gasteiger partial charge >= 0.3 is 0 Å². The zero-order valence-corrected chi connectivity index (χ0v) is 18.7. The van der Waals surface area contributed by atoms with Gasteiger partial charge in [-0.1, -0.05) is 35.5 Å². The van der Waals surface area contributed by atoms with Gasteiger partial charge < -0.3 is 14.7 Å². The van der Waals surface area contributed by atoms with Crippen molar-refractivity contribution in [1.82, 2.24) is 30.2 Å². The number of benzene rings is 1. The summed E-state index contributed by atoms with van der Waals surface area (Å²) in [5.74, 6) is 0.512. The number of aromatic nitrogens is 3. The number of aryl methyl sites for hydroxylation is 1. The third-order valence-corrected chi connectivity index (χ3v) is 5.75. The summed E-state index contributed by atoms with van der Waals surface area (Å²) >= 11 is 0. The lowest BCUT2D eigenvalue weighted by atomic mass is 10.1. The third-order valence-electron chi connectivity index (χ3n) is 5.75. The molecule has 1 atom stereocenters. The van der Waals surface area contributed by atoms with Crippen molar-refractivity contribution >= 4 is 11.8 Å². The van der Waals surface area contributed by atoms with Gasteiger partial charge in [0.1, 0.15) is 0 Å². The van der Waals surface area contributed by atoms with E-state index in [0.717, 1.165) is 31.5 Å². The molecule has 0 bridgehead atoms. The number of nitrogens with zero attached hydrogens (tertiary/aromatic N) is 5. The van der Waals surface area contributed by atoms with Gasteiger partial charge in [-0.15, -0.1) is 0 Å². The topological polar surface area (TPSA) is 104 Å². The van der Waals surface area contributed by atoms with E-state index in [1.807, 2.05) is 24.3 Å². The Morgan fingerprint density at radius 1 is 1.24 bits per heavy atom. The maximum atomic E-state index is 12.9. The van der Waals surface area contributed by atoms with Crippen molar-refractivity contribution in [3.63, 3.8) is 0 Å². The van der Waals surface area contributed by atoms with E-state index in [9.17, 15) is 9.59 Å². The highest BCUT2D eigenvalue weighted by atomic mass is 16.5. The van der Waals surface area contributed by atoms with Crippen LogP contribution in [0, 0.1) is 0 Å². The standard InChI is InChI=1S/C24H28N6O3/c1-29(17-21-27-23(28-33-21)19-10-5-11-25-16-19)22(31)15-20-24(32)26-12-14-30(20)13-6-9-18-7-3-2-4-8-18/h2-5,7-8,10-11,16,20H,6,9,12-15,17H2,1H3,(H,26,32). The van der Waals surface area contributed by atoms with Gasteiger partial charge in [0.2, 0.25) is 23.5 Å². The number of nitrogens with one attached hydrogen (secondary N) is 1. The summed E-state index contributed by atoms with van der Waals surface area (Å²) in [6, 6.07) is 13.4. The Hall–Kier alpha value is -3.59. The zero-order valence-electron chi connectivity index (χ0n) is 18.7. The zero-order chi connectivity index (χ0) is 23.0. The Bertz CT molecular complexity index is 1060. The molecule has 3 aromatic rings. The van der Waals surface area contributed by atoms with Crippen molar-refractivity contribution in [2.45, 2.75) is 31.8 Å². The quantitative estimate of drug-likeness (QED) is 0.533. The van der Waals surface area contributed by atoms with Gasteiger partial charge in [-0.2, -0.15) is 4.98 Å². The van der Waals surface area contributed by atoms with Gasteiger partial charge in [0.25, 0.3) is 0 Å². The molecule has 0 aliphatic carbocycles. The number of amides is 2. The fraction of sp³-hybridized carbons (Fsp3) is 0.375. The van der Waals surface area contributed by atoms with Crippen molar-refractivity contribution in [1.29, 1.82) is 0 Å². The molecule has 9 nitrogen and oxygen atoms in total. The van der Waals surface area contributed by atoms with Gasteiger partial charge in [-0.25, -0.2) is 0 Å². The highest BCUT2D eigenvalue weighted by Gasteiger charge is 2.32. The molecule has 3 heterocycles. The molecule has 2 amide bonds. The molecule has 1 aliphatic heterocycles. The summed E-state index contributed by atoms with van der Waals surface area (Å²) in [4.78, 5) is 37.5. The van der Waals surface area contributed by atoms with Crippen LogP contribution in [0.3, 0.4) is 0 Å². The largest absolute Gasteiger partial charge is 0.353 e. The molecular formula is C24H28N6O3. The lowest BCUT2D eigenvalue weighted by Crippen LogP contribution is -2.56. The third kappa shape index (κ3) is 6.01. The van der Waals surface area contributed by atoms with Crippen LogP contribution in [0.2, 0.25) is 0 Å². The lowest BCUT2D eigenvalue weighted by Gasteiger charge is -2.35. The molecule has 0 spiro atoms. The number of carbonyl (C=O) groups excluding carboxylic acids is 2. The van der Waals surface area contributed by atoms with Crippen LogP contribution in [0.4, 0.5) is 0 Å². The fourth-order valence-corrected chi connectivity index (χ4v) is 3.93. The smallest absolute Gasteiger partial charge is 0.246 e. The number of piperazine rings is 1. The van der Waals surface area contributed by atoms with Crippen LogP contribution in [0.1, 0.15) is 24.3 Å². The normalized spacial score (nSPS) is 16.4. The molecule has 1 aliphatic rings. The molecule has 33 heavy (non-hydrogen) atoms. The first-order valence-corrected chi connectivity index (χ1v) is 11.1. The molecule has 172 valence electrons. The molecule has 1 unspecified atom stereocenters. The SMILES string of the molecule is CN(Cc1nc(-c2cccnc2)no1)C(=O)CC1C(=O)NCCN1CCCc1ccccc1. The van der Waals surface area contributed by atoms with Crippen LogP contribution in [0.5, 0.6) is 0 Å². The molecule has 0 saturated carbocycles. The Morgan fingerprint density at radius 2 is 2.09 bits per heavy atom. The fourth-order valence-electron chi connectivity index (χ4n) is 3.93. The lowest BCUT2D eigenvalue weighted by molar-refractivity contribution is -0.138. The maximum absolute atomic E-state index is 12.9. The van der Waals surface area contributed by atoms with Crippen LogP contribution in [-0.2, 0) is 22.6 Å². The average Bonchev–Trinajstić information content (AvgIpc) is 3.31. The van der Waals surface area contributed by atoms with E-state index in [4.69, 9.17) is 4.52 Å². The van der Waals surface area contributed by atoms with Crippen molar-refractivity contribution in [3.05, 3.63) is 66.3 Å². The second-order valence-electron chi connectivity index (χ2n) is 8.14. The van der Waals surface area contributed by atoms with Crippen LogP contribution >= 0.6 is 0 Å². The van der Waals surface area contributed by atoms with Crippen LogP contribution in [-0.4, -0.2) is 69.5 Å². The first-order valence-electron chi connectivity index (χ1n) is 11.1. The highest BCUT2D eigenvalue weighted by Crippen LogP contribution is 2.16. The van der Waals surface area contributed by atoms with Crippen LogP contribution in [0.15, 0.2) is 59.4 Å². The number of pyridine rings is 1. The summed E-state index contributed by atoms with van der Waals surface area (Å²) < 4.78 is 5.29. The first kappa shape index (κ1) is 22.6. The molecule has 2 aromatic heterocycles.